The van der Waals surface area contributed by atoms with Crippen LogP contribution in [0.25, 0.3) is 0 Å². The van der Waals surface area contributed by atoms with Gasteiger partial charge < -0.3 is 11.1 Å². The minimum atomic E-state index is -4.59. The van der Waals surface area contributed by atoms with Crippen LogP contribution in [0.4, 0.5) is 13.2 Å². The van der Waals surface area contributed by atoms with Crippen LogP contribution in [0.3, 0.4) is 0 Å². The van der Waals surface area contributed by atoms with Gasteiger partial charge in [0.25, 0.3) is 5.91 Å². The predicted molar refractivity (Wildman–Crippen MR) is 77.5 cm³/mol. The molecule has 0 spiro atoms. The van der Waals surface area contributed by atoms with Gasteiger partial charge in [-0.15, -0.1) is 0 Å². The molecular formula is C15H13F3N4O2. The normalized spacial score (nSPS) is 13.8. The first-order valence-corrected chi connectivity index (χ1v) is 6.71. The summed E-state index contributed by atoms with van der Waals surface area (Å²) < 4.78 is 38.6. The second kappa shape index (κ2) is 6.26. The van der Waals surface area contributed by atoms with Gasteiger partial charge in [0.15, 0.2) is 0 Å². The largest absolute Gasteiger partial charge is 0.416 e. The molecule has 0 saturated heterocycles. The van der Waals surface area contributed by atoms with Crippen LogP contribution in [0.2, 0.25) is 0 Å². The van der Waals surface area contributed by atoms with E-state index in [9.17, 15) is 22.8 Å². The standard InChI is InChI=1S/C15H13F3N4O2/c1-14(13(19)24,22-12(23)11-8-20-5-6-21-11)9-3-2-4-10(7-9)15(16,17)18/h2-8H,1H3,(H2,19,24)(H,22,23)/t14-/m0/s1. The van der Waals surface area contributed by atoms with Crippen LogP contribution in [0.15, 0.2) is 42.9 Å². The summed E-state index contributed by atoms with van der Waals surface area (Å²) in [5.74, 6) is -1.80. The molecular weight excluding hydrogens is 325 g/mol. The minimum absolute atomic E-state index is 0.0953. The van der Waals surface area contributed by atoms with Crippen molar-refractivity contribution >= 4 is 11.8 Å². The second-order valence-electron chi connectivity index (χ2n) is 5.11. The first-order valence-electron chi connectivity index (χ1n) is 6.71. The van der Waals surface area contributed by atoms with Gasteiger partial charge in [-0.1, -0.05) is 12.1 Å². The van der Waals surface area contributed by atoms with Crippen molar-refractivity contribution in [2.24, 2.45) is 5.73 Å². The number of primary amides is 1. The Balaban J connectivity index is 2.41. The third kappa shape index (κ3) is 3.50. The highest BCUT2D eigenvalue weighted by Gasteiger charge is 2.38. The summed E-state index contributed by atoms with van der Waals surface area (Å²) >= 11 is 0. The first-order chi connectivity index (χ1) is 11.1. The Morgan fingerprint density at radius 2 is 1.83 bits per heavy atom. The summed E-state index contributed by atoms with van der Waals surface area (Å²) in [5.41, 5.74) is 2.31. The third-order valence-corrected chi connectivity index (χ3v) is 3.42. The van der Waals surface area contributed by atoms with E-state index in [1.54, 1.807) is 0 Å². The summed E-state index contributed by atoms with van der Waals surface area (Å²) in [6.45, 7) is 1.22. The molecule has 1 atom stereocenters. The Bertz CT molecular complexity index is 765. The number of benzene rings is 1. The average Bonchev–Trinajstić information content (AvgIpc) is 2.54. The van der Waals surface area contributed by atoms with Gasteiger partial charge in [-0.25, -0.2) is 4.98 Å². The highest BCUT2D eigenvalue weighted by molar-refractivity contribution is 5.97. The molecule has 0 saturated carbocycles. The van der Waals surface area contributed by atoms with Crippen molar-refractivity contribution in [1.82, 2.24) is 15.3 Å². The Morgan fingerprint density at radius 3 is 2.38 bits per heavy atom. The number of amides is 2. The zero-order chi connectivity index (χ0) is 18.0. The molecule has 0 unspecified atom stereocenters. The van der Waals surface area contributed by atoms with Gasteiger partial charge in [0.1, 0.15) is 11.2 Å². The number of nitrogens with one attached hydrogen (secondary N) is 1. The monoisotopic (exact) mass is 338 g/mol. The van der Waals surface area contributed by atoms with Crippen molar-refractivity contribution in [3.8, 4) is 0 Å². The summed E-state index contributed by atoms with van der Waals surface area (Å²) in [5, 5.41) is 2.32. The Morgan fingerprint density at radius 1 is 1.17 bits per heavy atom. The second-order valence-corrected chi connectivity index (χ2v) is 5.11. The lowest BCUT2D eigenvalue weighted by Crippen LogP contribution is -2.53. The van der Waals surface area contributed by atoms with Crippen LogP contribution in [-0.2, 0) is 16.5 Å². The molecule has 6 nitrogen and oxygen atoms in total. The number of nitrogens with two attached hydrogens (primary N) is 1. The number of carbonyl (C=O) groups excluding carboxylic acids is 2. The molecule has 3 N–H and O–H groups in total. The highest BCUT2D eigenvalue weighted by Crippen LogP contribution is 2.32. The van der Waals surface area contributed by atoms with Crippen LogP contribution < -0.4 is 11.1 Å². The SMILES string of the molecule is C[C@@](NC(=O)c1cnccn1)(C(N)=O)c1cccc(C(F)(F)F)c1. The van der Waals surface area contributed by atoms with E-state index in [4.69, 9.17) is 5.73 Å². The third-order valence-electron chi connectivity index (χ3n) is 3.42. The molecule has 1 heterocycles. The van der Waals surface area contributed by atoms with E-state index in [0.29, 0.717) is 0 Å². The average molecular weight is 338 g/mol. The van der Waals surface area contributed by atoms with Crippen LogP contribution in [0.5, 0.6) is 0 Å². The number of nitrogens with zero attached hydrogens (tertiary/aromatic N) is 2. The van der Waals surface area contributed by atoms with E-state index < -0.39 is 29.1 Å². The molecule has 0 radical (unpaired) electrons. The smallest absolute Gasteiger partial charge is 0.367 e. The molecule has 0 fully saturated rings. The summed E-state index contributed by atoms with van der Waals surface area (Å²) in [7, 11) is 0. The number of hydrogen-bond donors (Lipinski definition) is 2. The molecule has 1 aromatic carbocycles. The molecule has 2 aromatic rings. The van der Waals surface area contributed by atoms with Crippen molar-refractivity contribution in [3.05, 3.63) is 59.7 Å². The number of carbonyl (C=O) groups is 2. The fourth-order valence-electron chi connectivity index (χ4n) is 1.99. The van der Waals surface area contributed by atoms with Gasteiger partial charge in [0, 0.05) is 12.4 Å². The molecule has 0 aliphatic heterocycles. The number of rotatable bonds is 4. The van der Waals surface area contributed by atoms with E-state index in [1.165, 1.54) is 25.4 Å². The Labute approximate surface area is 134 Å². The van der Waals surface area contributed by atoms with Crippen molar-refractivity contribution < 1.29 is 22.8 Å². The number of halogens is 3. The maximum Gasteiger partial charge on any atom is 0.416 e. The molecule has 2 rings (SSSR count). The van der Waals surface area contributed by atoms with Crippen molar-refractivity contribution in [1.29, 1.82) is 0 Å². The first kappa shape index (κ1) is 17.4. The maximum atomic E-state index is 12.9. The van der Waals surface area contributed by atoms with Gasteiger partial charge in [0.05, 0.1) is 11.8 Å². The maximum absolute atomic E-state index is 12.9. The predicted octanol–water partition coefficient (Wildman–Crippen LogP) is 1.63. The quantitative estimate of drug-likeness (QED) is 0.885. The van der Waals surface area contributed by atoms with Crippen molar-refractivity contribution in [2.75, 3.05) is 0 Å². The zero-order valence-corrected chi connectivity index (χ0v) is 12.5. The van der Waals surface area contributed by atoms with Crippen LogP contribution >= 0.6 is 0 Å². The van der Waals surface area contributed by atoms with Gasteiger partial charge in [-0.2, -0.15) is 13.2 Å². The van der Waals surface area contributed by atoms with Gasteiger partial charge >= 0.3 is 6.18 Å². The van der Waals surface area contributed by atoms with Crippen molar-refractivity contribution in [3.63, 3.8) is 0 Å². The fourth-order valence-corrected chi connectivity index (χ4v) is 1.99. The van der Waals surface area contributed by atoms with Crippen LogP contribution in [0, 0.1) is 0 Å². The van der Waals surface area contributed by atoms with Crippen molar-refractivity contribution in [2.45, 2.75) is 18.6 Å². The molecule has 9 heteroatoms. The van der Waals surface area contributed by atoms with E-state index >= 15 is 0 Å². The van der Waals surface area contributed by atoms with Gasteiger partial charge in [-0.3, -0.25) is 14.6 Å². The zero-order valence-electron chi connectivity index (χ0n) is 12.5. The van der Waals surface area contributed by atoms with Crippen LogP contribution in [0.1, 0.15) is 28.5 Å². The molecule has 24 heavy (non-hydrogen) atoms. The van der Waals surface area contributed by atoms with E-state index in [1.807, 2.05) is 0 Å². The van der Waals surface area contributed by atoms with E-state index in [-0.39, 0.29) is 11.3 Å². The molecule has 126 valence electrons. The molecule has 0 aliphatic carbocycles. The Kier molecular flexibility index (Phi) is 4.54. The summed E-state index contributed by atoms with van der Waals surface area (Å²) in [6.07, 6.45) is -0.829. The number of aromatic nitrogens is 2. The topological polar surface area (TPSA) is 98.0 Å². The lowest BCUT2D eigenvalue weighted by Gasteiger charge is -2.28. The Hall–Kier alpha value is -2.97. The van der Waals surface area contributed by atoms with Crippen LogP contribution in [-0.4, -0.2) is 21.8 Å². The van der Waals surface area contributed by atoms with E-state index in [0.717, 1.165) is 24.4 Å². The lowest BCUT2D eigenvalue weighted by atomic mass is 9.89. The fraction of sp³-hybridized carbons (Fsp3) is 0.200. The van der Waals surface area contributed by atoms with Gasteiger partial charge in [-0.05, 0) is 24.6 Å². The van der Waals surface area contributed by atoms with Gasteiger partial charge in [0.2, 0.25) is 5.91 Å². The minimum Gasteiger partial charge on any atom is -0.367 e. The summed E-state index contributed by atoms with van der Waals surface area (Å²) in [4.78, 5) is 31.5. The van der Waals surface area contributed by atoms with E-state index in [2.05, 4.69) is 15.3 Å². The number of hydrogen-bond acceptors (Lipinski definition) is 4. The highest BCUT2D eigenvalue weighted by atomic mass is 19.4. The molecule has 0 bridgehead atoms. The lowest BCUT2D eigenvalue weighted by molar-refractivity contribution is -0.137. The summed E-state index contributed by atoms with van der Waals surface area (Å²) in [6, 6.07) is 4.03. The number of alkyl halides is 3. The molecule has 1 aromatic heterocycles. The molecule has 0 aliphatic rings. The molecule has 2 amide bonds.